The van der Waals surface area contributed by atoms with E-state index in [0.29, 0.717) is 36.0 Å². The first-order chi connectivity index (χ1) is 12.3. The Bertz CT molecular complexity index is 920. The van der Waals surface area contributed by atoms with E-state index in [1.54, 1.807) is 4.90 Å². The van der Waals surface area contributed by atoms with E-state index in [2.05, 4.69) is 35.8 Å². The molecule has 4 rings (SSSR count). The number of fused-ring (bicyclic) bond motifs is 2. The van der Waals surface area contributed by atoms with Crippen molar-refractivity contribution in [1.82, 2.24) is 24.4 Å². The Morgan fingerprint density at radius 2 is 2.08 bits per heavy atom. The first-order valence-corrected chi connectivity index (χ1v) is 9.49. The number of hydrogen-bond acceptors (Lipinski definition) is 4. The second-order valence-electron chi connectivity index (χ2n) is 8.42. The maximum Gasteiger partial charge on any atom is 0.278 e. The van der Waals surface area contributed by atoms with E-state index in [9.17, 15) is 9.59 Å². The van der Waals surface area contributed by atoms with Gasteiger partial charge in [-0.2, -0.15) is 0 Å². The van der Waals surface area contributed by atoms with Crippen molar-refractivity contribution in [3.8, 4) is 0 Å². The quantitative estimate of drug-likeness (QED) is 0.909. The fraction of sp³-hybridized carbons (Fsp3) is 0.632. The zero-order valence-corrected chi connectivity index (χ0v) is 16.0. The summed E-state index contributed by atoms with van der Waals surface area (Å²) in [4.78, 5) is 34.5. The zero-order chi connectivity index (χ0) is 18.6. The lowest BCUT2D eigenvalue weighted by Crippen LogP contribution is -2.49. The van der Waals surface area contributed by atoms with Gasteiger partial charge in [-0.15, -0.1) is 0 Å². The first kappa shape index (κ1) is 17.3. The molecular weight excluding hydrogens is 330 g/mol. The highest BCUT2D eigenvalue weighted by molar-refractivity contribution is 5.96. The molecular formula is C19H27N5O2. The van der Waals surface area contributed by atoms with Gasteiger partial charge in [-0.3, -0.25) is 19.6 Å². The molecule has 0 saturated carbocycles. The van der Waals surface area contributed by atoms with Crippen LogP contribution in [0.25, 0.3) is 5.65 Å². The zero-order valence-electron chi connectivity index (χ0n) is 16.0. The molecule has 0 radical (unpaired) electrons. The van der Waals surface area contributed by atoms with Gasteiger partial charge in [0.15, 0.2) is 5.65 Å². The van der Waals surface area contributed by atoms with Crippen molar-refractivity contribution >= 4 is 11.6 Å². The molecule has 2 aromatic rings. The van der Waals surface area contributed by atoms with Gasteiger partial charge in [0.2, 0.25) is 0 Å². The van der Waals surface area contributed by atoms with E-state index in [1.807, 2.05) is 13.0 Å². The van der Waals surface area contributed by atoms with Crippen LogP contribution in [-0.4, -0.2) is 55.0 Å². The number of aromatic amines is 1. The highest BCUT2D eigenvalue weighted by atomic mass is 16.2. The van der Waals surface area contributed by atoms with Crippen LogP contribution in [0.2, 0.25) is 0 Å². The third-order valence-corrected chi connectivity index (χ3v) is 5.65. The molecule has 1 amide bonds. The lowest BCUT2D eigenvalue weighted by molar-refractivity contribution is 0.0629. The molecule has 2 aliphatic rings. The summed E-state index contributed by atoms with van der Waals surface area (Å²) in [6.07, 6.45) is 3.03. The number of nitrogens with one attached hydrogen (secondary N) is 1. The summed E-state index contributed by atoms with van der Waals surface area (Å²) in [5.41, 5.74) is 2.24. The number of aromatic nitrogens is 3. The predicted molar refractivity (Wildman–Crippen MR) is 99.4 cm³/mol. The van der Waals surface area contributed by atoms with Gasteiger partial charge in [-0.25, -0.2) is 9.50 Å². The van der Waals surface area contributed by atoms with Gasteiger partial charge in [0.25, 0.3) is 11.5 Å². The Labute approximate surface area is 153 Å². The molecule has 2 aromatic heterocycles. The number of H-pyrrole nitrogens is 1. The van der Waals surface area contributed by atoms with Gasteiger partial charge < -0.3 is 4.90 Å². The highest BCUT2D eigenvalue weighted by Crippen LogP contribution is 2.29. The molecule has 140 valence electrons. The van der Waals surface area contributed by atoms with Gasteiger partial charge in [-0.05, 0) is 46.6 Å². The number of carbonyl (C=O) groups is 1. The normalized spacial score (nSPS) is 21.2. The van der Waals surface area contributed by atoms with Crippen molar-refractivity contribution in [3.05, 3.63) is 33.4 Å². The third-order valence-electron chi connectivity index (χ3n) is 5.65. The van der Waals surface area contributed by atoms with Crippen LogP contribution in [0.15, 0.2) is 10.9 Å². The van der Waals surface area contributed by atoms with Crippen LogP contribution in [0.4, 0.5) is 0 Å². The average Bonchev–Trinajstić information content (AvgIpc) is 3.27. The van der Waals surface area contributed by atoms with Crippen LogP contribution in [0.3, 0.4) is 0 Å². The van der Waals surface area contributed by atoms with Crippen LogP contribution in [0.5, 0.6) is 0 Å². The van der Waals surface area contributed by atoms with E-state index in [0.717, 1.165) is 31.5 Å². The monoisotopic (exact) mass is 357 g/mol. The van der Waals surface area contributed by atoms with E-state index in [4.69, 9.17) is 0 Å². The van der Waals surface area contributed by atoms with Gasteiger partial charge in [0.05, 0.1) is 12.1 Å². The lowest BCUT2D eigenvalue weighted by Gasteiger charge is -2.38. The van der Waals surface area contributed by atoms with E-state index in [1.165, 1.54) is 4.52 Å². The van der Waals surface area contributed by atoms with Crippen LogP contribution < -0.4 is 5.56 Å². The smallest absolute Gasteiger partial charge is 0.278 e. The Morgan fingerprint density at radius 3 is 2.77 bits per heavy atom. The fourth-order valence-corrected chi connectivity index (χ4v) is 4.33. The summed E-state index contributed by atoms with van der Waals surface area (Å²) in [6, 6.07) is 2.18. The van der Waals surface area contributed by atoms with E-state index >= 15 is 0 Å². The minimum Gasteiger partial charge on any atom is -0.331 e. The van der Waals surface area contributed by atoms with Gasteiger partial charge in [-0.1, -0.05) is 6.92 Å². The van der Waals surface area contributed by atoms with Crippen LogP contribution in [-0.2, 0) is 13.0 Å². The fourth-order valence-electron chi connectivity index (χ4n) is 4.33. The molecule has 7 nitrogen and oxygen atoms in total. The molecule has 1 fully saturated rings. The SMILES string of the molecule is CCc1cc2nc3c(c(=O)n2[nH]1)CN(C[C@H]1CCCN1C(C)(C)C)C3=O. The number of aryl methyl sites for hydroxylation is 1. The number of likely N-dealkylation sites (tertiary alicyclic amines) is 1. The maximum atomic E-state index is 12.9. The Hall–Kier alpha value is -2.15. The average molecular weight is 357 g/mol. The van der Waals surface area contributed by atoms with Crippen molar-refractivity contribution < 1.29 is 4.79 Å². The molecule has 26 heavy (non-hydrogen) atoms. The standard InChI is InChI=1S/C19H27N5O2/c1-5-12-9-15-20-16-14(17(25)24(15)21-12)11-22(18(16)26)10-13-7-6-8-23(13)19(2,3)4/h9,13,21H,5-8,10-11H2,1-4H3/t13-/m1/s1. The first-order valence-electron chi connectivity index (χ1n) is 9.49. The molecule has 1 saturated heterocycles. The summed E-state index contributed by atoms with van der Waals surface area (Å²) in [6.45, 7) is 10.7. The van der Waals surface area contributed by atoms with Gasteiger partial charge >= 0.3 is 0 Å². The molecule has 0 unspecified atom stereocenters. The lowest BCUT2D eigenvalue weighted by atomic mass is 10.0. The minimum atomic E-state index is -0.153. The van der Waals surface area contributed by atoms with Crippen molar-refractivity contribution in [2.75, 3.05) is 13.1 Å². The Balaban J connectivity index is 1.62. The van der Waals surface area contributed by atoms with E-state index in [-0.39, 0.29) is 17.0 Å². The summed E-state index contributed by atoms with van der Waals surface area (Å²) >= 11 is 0. The molecule has 1 atom stereocenters. The highest BCUT2D eigenvalue weighted by Gasteiger charge is 2.38. The summed E-state index contributed by atoms with van der Waals surface area (Å²) in [5.74, 6) is -0.111. The number of hydrogen-bond donors (Lipinski definition) is 1. The van der Waals surface area contributed by atoms with Crippen molar-refractivity contribution in [3.63, 3.8) is 0 Å². The minimum absolute atomic E-state index is 0.0844. The molecule has 0 spiro atoms. The predicted octanol–water partition coefficient (Wildman–Crippen LogP) is 1.80. The number of amides is 1. The van der Waals surface area contributed by atoms with Crippen molar-refractivity contribution in [2.24, 2.45) is 0 Å². The number of carbonyl (C=O) groups excluding carboxylic acids is 1. The summed E-state index contributed by atoms with van der Waals surface area (Å²) in [7, 11) is 0. The topological polar surface area (TPSA) is 73.7 Å². The second-order valence-corrected chi connectivity index (χ2v) is 8.42. The Kier molecular flexibility index (Phi) is 3.95. The second kappa shape index (κ2) is 5.94. The van der Waals surface area contributed by atoms with Crippen LogP contribution in [0.1, 0.15) is 62.3 Å². The molecule has 0 aromatic carbocycles. The van der Waals surface area contributed by atoms with Crippen LogP contribution >= 0.6 is 0 Å². The van der Waals surface area contributed by atoms with Gasteiger partial charge in [0, 0.05) is 29.9 Å². The number of rotatable bonds is 3. The molecule has 1 N–H and O–H groups in total. The molecule has 0 bridgehead atoms. The molecule has 0 aliphatic carbocycles. The van der Waals surface area contributed by atoms with Crippen molar-refractivity contribution in [1.29, 1.82) is 0 Å². The van der Waals surface area contributed by atoms with Crippen LogP contribution in [0, 0.1) is 0 Å². The Morgan fingerprint density at radius 1 is 1.31 bits per heavy atom. The van der Waals surface area contributed by atoms with Gasteiger partial charge in [0.1, 0.15) is 5.69 Å². The van der Waals surface area contributed by atoms with E-state index < -0.39 is 0 Å². The third kappa shape index (κ3) is 2.65. The summed E-state index contributed by atoms with van der Waals surface area (Å²) < 4.78 is 1.46. The number of nitrogens with zero attached hydrogens (tertiary/aromatic N) is 4. The molecule has 4 heterocycles. The van der Waals surface area contributed by atoms with Crippen molar-refractivity contribution in [2.45, 2.75) is 65.1 Å². The largest absolute Gasteiger partial charge is 0.331 e. The maximum absolute atomic E-state index is 12.9. The molecule has 7 heteroatoms. The molecule has 2 aliphatic heterocycles. The summed E-state index contributed by atoms with van der Waals surface area (Å²) in [5, 5.41) is 3.08.